The van der Waals surface area contributed by atoms with E-state index in [2.05, 4.69) is 0 Å². The van der Waals surface area contributed by atoms with E-state index in [1.54, 1.807) is 73.7 Å². The molecule has 0 bridgehead atoms. The van der Waals surface area contributed by atoms with Gasteiger partial charge in [0.05, 0.1) is 24.6 Å². The van der Waals surface area contributed by atoms with Gasteiger partial charge in [-0.25, -0.2) is 4.90 Å². The molecule has 0 unspecified atom stereocenters. The predicted octanol–water partition coefficient (Wildman–Crippen LogP) is 3.70. The molecule has 174 valence electrons. The molecular formula is C28H21NO6. The molecule has 1 spiro atoms. The van der Waals surface area contributed by atoms with Crippen molar-refractivity contribution in [2.75, 3.05) is 12.0 Å². The van der Waals surface area contributed by atoms with E-state index in [0.29, 0.717) is 17.0 Å². The molecule has 7 heteroatoms. The van der Waals surface area contributed by atoms with Crippen molar-refractivity contribution in [3.05, 3.63) is 95.1 Å². The summed E-state index contributed by atoms with van der Waals surface area (Å²) in [4.78, 5) is 56.6. The number of anilines is 1. The SMILES string of the molecule is COc1ccccc1[C@@H]1OC2(C(=O)c3ccccc3C2=O)[C@@H]2C(=O)N(c3ccccc3C)C(=O)[C@H]21. The Morgan fingerprint density at radius 3 is 2.06 bits per heavy atom. The molecule has 0 aromatic heterocycles. The Bertz CT molecular complexity index is 1410. The topological polar surface area (TPSA) is 90.0 Å². The Kier molecular flexibility index (Phi) is 4.56. The fraction of sp³-hybridized carbons (Fsp3) is 0.214. The lowest BCUT2D eigenvalue weighted by Gasteiger charge is -2.28. The normalized spacial score (nSPS) is 24.3. The maximum atomic E-state index is 14.0. The number of para-hydroxylation sites is 2. The highest BCUT2D eigenvalue weighted by atomic mass is 16.5. The third-order valence-electron chi connectivity index (χ3n) is 7.32. The molecule has 2 saturated heterocycles. The highest BCUT2D eigenvalue weighted by Gasteiger charge is 2.75. The van der Waals surface area contributed by atoms with Gasteiger partial charge in [0.25, 0.3) is 0 Å². The highest BCUT2D eigenvalue weighted by Crippen LogP contribution is 2.58. The summed E-state index contributed by atoms with van der Waals surface area (Å²) in [5, 5.41) is 0. The molecule has 7 nitrogen and oxygen atoms in total. The molecule has 0 saturated carbocycles. The largest absolute Gasteiger partial charge is 0.496 e. The summed E-state index contributed by atoms with van der Waals surface area (Å²) < 4.78 is 11.8. The molecule has 3 aliphatic rings. The number of nitrogens with zero attached hydrogens (tertiary/aromatic N) is 1. The quantitative estimate of drug-likeness (QED) is 0.431. The zero-order valence-corrected chi connectivity index (χ0v) is 19.1. The van der Waals surface area contributed by atoms with Gasteiger partial charge in [0.2, 0.25) is 29.0 Å². The van der Waals surface area contributed by atoms with Crippen molar-refractivity contribution in [2.45, 2.75) is 18.6 Å². The van der Waals surface area contributed by atoms with Gasteiger partial charge < -0.3 is 9.47 Å². The Morgan fingerprint density at radius 1 is 0.800 bits per heavy atom. The Balaban J connectivity index is 1.58. The molecule has 35 heavy (non-hydrogen) atoms. The summed E-state index contributed by atoms with van der Waals surface area (Å²) in [7, 11) is 1.49. The van der Waals surface area contributed by atoms with Crippen LogP contribution in [0.2, 0.25) is 0 Å². The minimum absolute atomic E-state index is 0.200. The molecule has 2 amide bonds. The molecule has 3 atom stereocenters. The van der Waals surface area contributed by atoms with E-state index in [4.69, 9.17) is 9.47 Å². The van der Waals surface area contributed by atoms with Crippen LogP contribution in [0.5, 0.6) is 5.75 Å². The maximum absolute atomic E-state index is 14.0. The smallest absolute Gasteiger partial charge is 0.241 e. The summed E-state index contributed by atoms with van der Waals surface area (Å²) >= 11 is 0. The van der Waals surface area contributed by atoms with Crippen LogP contribution in [0, 0.1) is 18.8 Å². The lowest BCUT2D eigenvalue weighted by atomic mass is 9.77. The summed E-state index contributed by atoms with van der Waals surface area (Å²) in [5.74, 6) is -4.20. The first-order valence-electron chi connectivity index (χ1n) is 11.3. The van der Waals surface area contributed by atoms with Gasteiger partial charge >= 0.3 is 0 Å². The second-order valence-corrected chi connectivity index (χ2v) is 9.02. The average Bonchev–Trinajstić information content (AvgIpc) is 3.44. The average molecular weight is 467 g/mol. The van der Waals surface area contributed by atoms with Gasteiger partial charge in [-0.1, -0.05) is 60.7 Å². The monoisotopic (exact) mass is 467 g/mol. The lowest BCUT2D eigenvalue weighted by molar-refractivity contribution is -0.127. The molecule has 2 aliphatic heterocycles. The predicted molar refractivity (Wildman–Crippen MR) is 125 cm³/mol. The maximum Gasteiger partial charge on any atom is 0.241 e. The summed E-state index contributed by atoms with van der Waals surface area (Å²) in [6.45, 7) is 1.80. The van der Waals surface area contributed by atoms with Crippen LogP contribution in [0.4, 0.5) is 5.69 Å². The lowest BCUT2D eigenvalue weighted by Crippen LogP contribution is -2.51. The van der Waals surface area contributed by atoms with E-state index in [0.717, 1.165) is 10.5 Å². The van der Waals surface area contributed by atoms with Gasteiger partial charge in [0.15, 0.2) is 0 Å². The first-order valence-corrected chi connectivity index (χ1v) is 11.3. The minimum Gasteiger partial charge on any atom is -0.496 e. The van der Waals surface area contributed by atoms with Crippen LogP contribution >= 0.6 is 0 Å². The van der Waals surface area contributed by atoms with Crippen LogP contribution in [0.25, 0.3) is 0 Å². The fourth-order valence-corrected chi connectivity index (χ4v) is 5.75. The number of carbonyl (C=O) groups excluding carboxylic acids is 4. The number of Topliss-reactive ketones (excluding diaryl/α,β-unsaturated/α-hetero) is 2. The van der Waals surface area contributed by atoms with Gasteiger partial charge in [-0.05, 0) is 24.6 Å². The Morgan fingerprint density at radius 2 is 1.40 bits per heavy atom. The molecule has 6 rings (SSSR count). The van der Waals surface area contributed by atoms with Crippen molar-refractivity contribution in [2.24, 2.45) is 11.8 Å². The molecule has 2 heterocycles. The molecule has 0 radical (unpaired) electrons. The van der Waals surface area contributed by atoms with Crippen LogP contribution in [0.1, 0.15) is 37.9 Å². The van der Waals surface area contributed by atoms with E-state index < -0.39 is 46.9 Å². The zero-order chi connectivity index (χ0) is 24.5. The summed E-state index contributed by atoms with van der Waals surface area (Å²) in [6, 6.07) is 20.4. The van der Waals surface area contributed by atoms with E-state index >= 15 is 0 Å². The van der Waals surface area contributed by atoms with Gasteiger partial charge in [0.1, 0.15) is 11.9 Å². The van der Waals surface area contributed by atoms with Crippen molar-refractivity contribution < 1.29 is 28.7 Å². The number of benzene rings is 3. The molecule has 0 N–H and O–H groups in total. The van der Waals surface area contributed by atoms with E-state index in [9.17, 15) is 19.2 Å². The number of methoxy groups -OCH3 is 1. The van der Waals surface area contributed by atoms with Crippen molar-refractivity contribution >= 4 is 29.1 Å². The summed E-state index contributed by atoms with van der Waals surface area (Å²) in [6.07, 6.45) is -1.02. The molecule has 1 aliphatic carbocycles. The van der Waals surface area contributed by atoms with Crippen molar-refractivity contribution in [1.29, 1.82) is 0 Å². The number of hydrogen-bond donors (Lipinski definition) is 0. The number of amides is 2. The molecule has 2 fully saturated rings. The van der Waals surface area contributed by atoms with Gasteiger partial charge in [-0.15, -0.1) is 0 Å². The minimum atomic E-state index is -2.11. The fourth-order valence-electron chi connectivity index (χ4n) is 5.75. The number of ether oxygens (including phenoxy) is 2. The Hall–Kier alpha value is -4.10. The second-order valence-electron chi connectivity index (χ2n) is 9.02. The number of carbonyl (C=O) groups is 4. The number of rotatable bonds is 3. The van der Waals surface area contributed by atoms with Crippen LogP contribution < -0.4 is 9.64 Å². The van der Waals surface area contributed by atoms with Crippen LogP contribution in [-0.4, -0.2) is 36.1 Å². The molecule has 3 aromatic rings. The third-order valence-corrected chi connectivity index (χ3v) is 7.32. The highest BCUT2D eigenvalue weighted by molar-refractivity contribution is 6.37. The number of fused-ring (bicyclic) bond motifs is 3. The van der Waals surface area contributed by atoms with Crippen LogP contribution in [0.3, 0.4) is 0 Å². The summed E-state index contributed by atoms with van der Waals surface area (Å²) in [5.41, 5.74) is -0.0415. The first kappa shape index (κ1) is 21.4. The van der Waals surface area contributed by atoms with E-state index in [-0.39, 0.29) is 11.1 Å². The number of aryl methyl sites for hydroxylation is 1. The van der Waals surface area contributed by atoms with Crippen molar-refractivity contribution in [3.8, 4) is 5.75 Å². The first-order chi connectivity index (χ1) is 16.9. The van der Waals surface area contributed by atoms with Gasteiger partial charge in [-0.3, -0.25) is 19.2 Å². The second kappa shape index (κ2) is 7.45. The van der Waals surface area contributed by atoms with Gasteiger partial charge in [0, 0.05) is 16.7 Å². The molecular weight excluding hydrogens is 446 g/mol. The number of imide groups is 1. The standard InChI is InChI=1S/C28H21NO6/c1-15-9-3-7-13-19(15)29-26(32)21-22(27(29)33)28(24(30)16-10-4-5-11-17(16)25(28)31)35-23(21)18-12-6-8-14-20(18)34-2/h3-14,21-23H,1-2H3/t21-,22+,23+/m1/s1. The third kappa shape index (κ3) is 2.64. The van der Waals surface area contributed by atoms with Crippen LogP contribution in [-0.2, 0) is 14.3 Å². The van der Waals surface area contributed by atoms with E-state index in [1.807, 2.05) is 6.07 Å². The molecule has 3 aromatic carbocycles. The number of ketones is 2. The zero-order valence-electron chi connectivity index (χ0n) is 19.1. The van der Waals surface area contributed by atoms with Crippen LogP contribution in [0.15, 0.2) is 72.8 Å². The van der Waals surface area contributed by atoms with Crippen molar-refractivity contribution in [3.63, 3.8) is 0 Å². The van der Waals surface area contributed by atoms with Gasteiger partial charge in [-0.2, -0.15) is 0 Å². The van der Waals surface area contributed by atoms with E-state index in [1.165, 1.54) is 7.11 Å². The van der Waals surface area contributed by atoms with Crippen molar-refractivity contribution in [1.82, 2.24) is 0 Å². The Labute approximate surface area is 201 Å². The number of hydrogen-bond acceptors (Lipinski definition) is 6.